The number of hydrogen-bond acceptors (Lipinski definition) is 35. The Balaban J connectivity index is 0.776. The highest BCUT2D eigenvalue weighted by atomic mass is 31.2. The highest BCUT2D eigenvalue weighted by Gasteiger charge is 2.55. The Labute approximate surface area is 480 Å². The van der Waals surface area contributed by atoms with E-state index in [2.05, 4.69) is 59.8 Å². The first kappa shape index (κ1) is 60.2. The lowest BCUT2D eigenvalue weighted by Gasteiger charge is -2.26. The van der Waals surface area contributed by atoms with Crippen molar-refractivity contribution >= 4 is 91.7 Å². The van der Waals surface area contributed by atoms with Crippen molar-refractivity contribution < 1.29 is 105 Å². The number of aromatic amines is 2. The zero-order valence-corrected chi connectivity index (χ0v) is 46.3. The number of nitrogens with zero attached hydrogens (tertiary/aromatic N) is 14. The first-order valence-electron chi connectivity index (χ1n) is 25.2. The lowest BCUT2D eigenvalue weighted by molar-refractivity contribution is -0.0633. The van der Waals surface area contributed by atoms with Crippen LogP contribution in [0.1, 0.15) is 24.9 Å². The molecule has 4 saturated heterocycles. The van der Waals surface area contributed by atoms with E-state index in [0.717, 1.165) is 34.4 Å². The van der Waals surface area contributed by atoms with Gasteiger partial charge in [-0.3, -0.25) is 65.0 Å². The summed E-state index contributed by atoms with van der Waals surface area (Å²) in [6.07, 6.45) is -22.8. The van der Waals surface area contributed by atoms with E-state index in [1.54, 1.807) is 0 Å². The van der Waals surface area contributed by atoms with Gasteiger partial charge in [-0.15, -0.1) is 0 Å². The van der Waals surface area contributed by atoms with E-state index in [4.69, 9.17) is 69.0 Å². The molecule has 0 aliphatic carbocycles. The van der Waals surface area contributed by atoms with Crippen LogP contribution in [0.15, 0.2) is 47.6 Å². The van der Waals surface area contributed by atoms with Gasteiger partial charge in [0.1, 0.15) is 96.9 Å². The molecule has 19 atom stereocenters. The maximum atomic E-state index is 14.2. The number of aliphatic hydroxyl groups excluding tert-OH is 6. The van der Waals surface area contributed by atoms with Gasteiger partial charge in [-0.05, 0) is 0 Å². The summed E-state index contributed by atoms with van der Waals surface area (Å²) < 4.78 is 101. The van der Waals surface area contributed by atoms with Crippen LogP contribution in [0.2, 0.25) is 0 Å². The number of phosphoric acid groups is 3. The van der Waals surface area contributed by atoms with Crippen molar-refractivity contribution in [2.24, 2.45) is 0 Å². The third kappa shape index (κ3) is 11.2. The first-order valence-corrected chi connectivity index (χ1v) is 29.7. The Hall–Kier alpha value is -7.07. The minimum absolute atomic E-state index is 0.0167. The molecule has 4 aliphatic heterocycles. The molecule has 12 rings (SSSR count). The number of rotatable bonds is 20. The number of H-pyrrole nitrogens is 2. The van der Waals surface area contributed by atoms with Crippen molar-refractivity contribution in [3.05, 3.63) is 58.7 Å². The van der Waals surface area contributed by atoms with Gasteiger partial charge in [0.15, 0.2) is 70.2 Å². The summed E-state index contributed by atoms with van der Waals surface area (Å²) in [6, 6.07) is 0. The predicted molar refractivity (Wildman–Crippen MR) is 279 cm³/mol. The molecule has 44 nitrogen and oxygen atoms in total. The highest BCUT2D eigenvalue weighted by molar-refractivity contribution is 7.48. The smallest absolute Gasteiger partial charge is 0.394 e. The zero-order valence-electron chi connectivity index (χ0n) is 43.6. The van der Waals surface area contributed by atoms with E-state index in [1.807, 2.05) is 0 Å². The van der Waals surface area contributed by atoms with E-state index in [9.17, 15) is 68.6 Å². The molecule has 47 heteroatoms. The third-order valence-corrected chi connectivity index (χ3v) is 17.1. The average Bonchev–Trinajstić information content (AvgIpc) is 2.31. The number of hydrogen-bond donors (Lipinski definition) is 15. The number of aliphatic hydroxyl groups is 6. The standard InChI is InChI=1S/C40H49N20O24P3/c41-27-15-29(47-5-45-27)57(7-49-15)35-20(63)19(62)12(79-35)2-75-85(69,70)83-25-14(81-37(22(25)65)59-9-51-17-31(59)53-39(43)55-33(17)67)4-77-87(73,74)84-26-13(80-38(23(26)66)60-10-52-18-32(60)54-40(44)56-34(18)68)3-76-86(71,72)82-24-11(1-61)78-36(21(24)64)58-8-50-16-28(42)46-6-48-30(16)58/h5-14,19-26,35-38,61-66H,1-4H2,(H,69,70)(H,71,72)(H,73,74)(H2,41,45,47)(H2,42,46,48)(H3,43,53,55,67)(H3,44,54,56,68)/t11-,12-,13-,14-,19-,20-,21-,22-,23-,24-,25-,26-,35-,36-,37-,38-/m1/s1. The van der Waals surface area contributed by atoms with Crippen molar-refractivity contribution in [3.63, 3.8) is 0 Å². The van der Waals surface area contributed by atoms with Gasteiger partial charge in [0.2, 0.25) is 11.9 Å². The van der Waals surface area contributed by atoms with E-state index in [0.29, 0.717) is 0 Å². The van der Waals surface area contributed by atoms with E-state index in [1.165, 1.54) is 21.8 Å². The SMILES string of the molecule is Nc1nc2c(ncn2[C@@H]2O[C@H](COP(=O)(O)O[C@H]3[C@@H](O)[C@H](n4cnc5c(N)ncnc54)O[C@@H]3CO)[C@@H](OP(=O)(O)OC[C@H]3O[C@@H](n4cnc5c(=O)[nH]c(N)nc54)[C@H](O)[C@@H]3OP(=O)(O)OC[C@H]3O[C@@H](n4cnc5c(N)ncnc54)[C@H](O)[C@@H]3O)[C@H]2O)c(=O)[nH]1. The molecule has 8 aromatic rings. The van der Waals surface area contributed by atoms with Crippen LogP contribution in [-0.2, 0) is 59.8 Å². The molecule has 4 fully saturated rings. The summed E-state index contributed by atoms with van der Waals surface area (Å²) in [4.78, 5) is 104. The minimum Gasteiger partial charge on any atom is -0.394 e. The van der Waals surface area contributed by atoms with Gasteiger partial charge in [-0.1, -0.05) is 0 Å². The number of aromatic nitrogens is 16. The second kappa shape index (κ2) is 22.8. The van der Waals surface area contributed by atoms with E-state index < -0.39 is 171 Å². The van der Waals surface area contributed by atoms with Gasteiger partial charge in [0.05, 0.1) is 51.7 Å². The third-order valence-electron chi connectivity index (χ3n) is 14.2. The molecule has 0 saturated carbocycles. The molecule has 4 aliphatic rings. The minimum atomic E-state index is -5.75. The van der Waals surface area contributed by atoms with Gasteiger partial charge >= 0.3 is 23.5 Å². The number of phosphoric ester groups is 3. The molecule has 0 amide bonds. The Morgan fingerprint density at radius 3 is 1.20 bits per heavy atom. The van der Waals surface area contributed by atoms with Crippen LogP contribution in [-0.4, -0.2) is 223 Å². The summed E-state index contributed by atoms with van der Waals surface area (Å²) in [6.45, 7) is -4.32. The summed E-state index contributed by atoms with van der Waals surface area (Å²) in [7, 11) is -16.8. The van der Waals surface area contributed by atoms with Crippen molar-refractivity contribution in [1.29, 1.82) is 0 Å². The molecule has 19 N–H and O–H groups in total. The Morgan fingerprint density at radius 2 is 0.793 bits per heavy atom. The predicted octanol–water partition coefficient (Wildman–Crippen LogP) is -5.85. The maximum Gasteiger partial charge on any atom is 0.472 e. The van der Waals surface area contributed by atoms with E-state index >= 15 is 0 Å². The maximum absolute atomic E-state index is 14.2. The van der Waals surface area contributed by atoms with Crippen LogP contribution in [0.4, 0.5) is 23.5 Å². The number of nitrogen functional groups attached to an aromatic ring is 4. The fourth-order valence-corrected chi connectivity index (χ4v) is 13.1. The van der Waals surface area contributed by atoms with Crippen molar-refractivity contribution in [2.45, 2.75) is 98.2 Å². The lowest BCUT2D eigenvalue weighted by atomic mass is 10.1. The van der Waals surface area contributed by atoms with Crippen LogP contribution in [0, 0.1) is 0 Å². The molecule has 8 aromatic heterocycles. The fraction of sp³-hybridized carbons (Fsp3) is 0.500. The zero-order chi connectivity index (χ0) is 61.8. The number of anilines is 4. The van der Waals surface area contributed by atoms with E-state index in [-0.39, 0.29) is 56.3 Å². The van der Waals surface area contributed by atoms with Crippen LogP contribution < -0.4 is 34.1 Å². The molecule has 0 spiro atoms. The van der Waals surface area contributed by atoms with Crippen LogP contribution in [0.5, 0.6) is 0 Å². The number of fused-ring (bicyclic) bond motifs is 4. The topological polar surface area (TPSA) is 644 Å². The summed E-state index contributed by atoms with van der Waals surface area (Å²) in [5.41, 5.74) is 20.7. The van der Waals surface area contributed by atoms with Gasteiger partial charge in [0, 0.05) is 0 Å². The van der Waals surface area contributed by atoms with Gasteiger partial charge in [-0.25, -0.2) is 53.6 Å². The number of nitrogens with two attached hydrogens (primary N) is 4. The highest BCUT2D eigenvalue weighted by Crippen LogP contribution is 2.54. The summed E-state index contributed by atoms with van der Waals surface area (Å²) in [5, 5.41) is 67.1. The second-order valence-electron chi connectivity index (χ2n) is 19.6. The molecular formula is C40H49N20O24P3. The average molecular weight is 1290 g/mol. The van der Waals surface area contributed by atoms with Crippen molar-refractivity contribution in [1.82, 2.24) is 78.1 Å². The molecule has 3 unspecified atom stereocenters. The van der Waals surface area contributed by atoms with Crippen molar-refractivity contribution in [3.8, 4) is 0 Å². The van der Waals surface area contributed by atoms with Crippen LogP contribution in [0.3, 0.4) is 0 Å². The number of imidazole rings is 4. The molecule has 87 heavy (non-hydrogen) atoms. The van der Waals surface area contributed by atoms with Gasteiger partial charge in [-0.2, -0.15) is 9.97 Å². The molecule has 0 radical (unpaired) electrons. The van der Waals surface area contributed by atoms with Gasteiger partial charge in [0.25, 0.3) is 11.1 Å². The molecular weight excluding hydrogens is 1240 g/mol. The Bertz CT molecular complexity index is 4190. The molecule has 12 heterocycles. The number of nitrogens with one attached hydrogen (secondary N) is 2. The monoisotopic (exact) mass is 1290 g/mol. The van der Waals surface area contributed by atoms with Crippen LogP contribution >= 0.6 is 23.5 Å². The Morgan fingerprint density at radius 1 is 0.460 bits per heavy atom. The number of ether oxygens (including phenoxy) is 4. The van der Waals surface area contributed by atoms with Crippen LogP contribution in [0.25, 0.3) is 44.7 Å². The molecule has 0 bridgehead atoms. The Kier molecular flexibility index (Phi) is 15.8. The summed E-state index contributed by atoms with van der Waals surface area (Å²) >= 11 is 0. The molecule has 0 aromatic carbocycles. The quantitative estimate of drug-likeness (QED) is 0.0316. The van der Waals surface area contributed by atoms with Crippen molar-refractivity contribution in [2.75, 3.05) is 49.4 Å². The second-order valence-corrected chi connectivity index (χ2v) is 23.8. The summed E-state index contributed by atoms with van der Waals surface area (Å²) in [5.74, 6) is -0.903. The van der Waals surface area contributed by atoms with Gasteiger partial charge < -0.3 is 87.2 Å². The first-order chi connectivity index (χ1) is 41.3. The lowest BCUT2D eigenvalue weighted by Crippen LogP contribution is -2.38. The largest absolute Gasteiger partial charge is 0.472 e. The fourth-order valence-electron chi connectivity index (χ4n) is 10.2. The normalized spacial score (nSPS) is 31.6. The molecule has 468 valence electrons.